The lowest BCUT2D eigenvalue weighted by Gasteiger charge is -2.22. The topological polar surface area (TPSA) is 227 Å². The quantitative estimate of drug-likeness (QED) is 0.0424. The zero-order valence-electron chi connectivity index (χ0n) is 34.6. The number of H-pyrrole nitrogens is 2. The number of aromatic amines is 2. The molecular formula is C45H55N9O5. The van der Waals surface area contributed by atoms with Gasteiger partial charge in [-0.05, 0) is 98.9 Å². The number of carboxylic acids is 2. The highest BCUT2D eigenvalue weighted by molar-refractivity contribution is 5.93. The number of benzene rings is 3. The average Bonchev–Trinajstić information content (AvgIpc) is 3.99. The summed E-state index contributed by atoms with van der Waals surface area (Å²) in [5.41, 5.74) is 11.9. The fourth-order valence-electron chi connectivity index (χ4n) is 6.86. The lowest BCUT2D eigenvalue weighted by molar-refractivity contribution is -0.144. The molecule has 0 saturated carbocycles. The molecule has 0 fully saturated rings. The predicted molar refractivity (Wildman–Crippen MR) is 228 cm³/mol. The third-order valence-electron chi connectivity index (χ3n) is 9.80. The van der Waals surface area contributed by atoms with Gasteiger partial charge in [0.15, 0.2) is 11.6 Å². The summed E-state index contributed by atoms with van der Waals surface area (Å²) >= 11 is 0. The van der Waals surface area contributed by atoms with E-state index in [0.29, 0.717) is 42.9 Å². The highest BCUT2D eigenvalue weighted by Crippen LogP contribution is 2.35. The number of carbonyl (C=O) groups is 3. The molecule has 0 aliphatic carbocycles. The van der Waals surface area contributed by atoms with E-state index in [0.717, 1.165) is 46.2 Å². The predicted octanol–water partition coefficient (Wildman–Crippen LogP) is 7.83. The van der Waals surface area contributed by atoms with E-state index in [2.05, 4.69) is 71.3 Å². The number of nitrogens with two attached hydrogens (primary N) is 1. The molecule has 6 N–H and O–H groups in total. The summed E-state index contributed by atoms with van der Waals surface area (Å²) in [5.74, 6) is 2.10. The van der Waals surface area contributed by atoms with Gasteiger partial charge in [-0.1, -0.05) is 116 Å². The number of aliphatic carboxylic acids is 2. The first-order chi connectivity index (χ1) is 28.5. The van der Waals surface area contributed by atoms with E-state index in [1.807, 2.05) is 102 Å². The Kier molecular flexibility index (Phi) is 19.6. The van der Waals surface area contributed by atoms with Crippen LogP contribution in [0.3, 0.4) is 0 Å². The van der Waals surface area contributed by atoms with Crippen LogP contribution in [0.2, 0.25) is 0 Å². The third-order valence-corrected chi connectivity index (χ3v) is 9.80. The highest BCUT2D eigenvalue weighted by atomic mass is 16.4. The van der Waals surface area contributed by atoms with E-state index in [9.17, 15) is 24.6 Å². The summed E-state index contributed by atoms with van der Waals surface area (Å²) < 4.78 is 0. The highest BCUT2D eigenvalue weighted by Gasteiger charge is 2.34. The second-order valence-corrected chi connectivity index (χ2v) is 13.6. The molecule has 2 heterocycles. The van der Waals surface area contributed by atoms with Crippen molar-refractivity contribution in [3.8, 4) is 23.0 Å². The van der Waals surface area contributed by atoms with Gasteiger partial charge in [-0.2, -0.15) is 10.4 Å². The first-order valence-corrected chi connectivity index (χ1v) is 19.7. The Hall–Kier alpha value is -6.75. The number of tetrazole rings is 2. The molecule has 14 nitrogen and oxygen atoms in total. The molecule has 1 amide bonds. The van der Waals surface area contributed by atoms with Gasteiger partial charge in [-0.15, -0.1) is 32.2 Å². The van der Waals surface area contributed by atoms with Crippen molar-refractivity contribution in [2.75, 3.05) is 0 Å². The fourth-order valence-corrected chi connectivity index (χ4v) is 6.86. The Morgan fingerprint density at radius 2 is 1.22 bits per heavy atom. The number of amides is 1. The van der Waals surface area contributed by atoms with Gasteiger partial charge in [0.05, 0.1) is 11.8 Å². The maximum absolute atomic E-state index is 11.9. The Labute approximate surface area is 345 Å². The molecule has 0 saturated heterocycles. The number of hydrogen-bond donors (Lipinski definition) is 5. The van der Waals surface area contributed by atoms with Gasteiger partial charge in [0, 0.05) is 17.4 Å². The SMILES string of the molecule is C/C=C\C(=C/C)c1ccccc1C[C@H](c1nn[nH]n1)[C@H](CCC)C(=O)O.CC#CC.CCC[C@H](C(=O)O)[C@H](Cc1ccccc1-c1ccc(C(N)=O)cc1)c1nn[nH]n1. The number of nitrogens with one attached hydrogen (secondary N) is 2. The second-order valence-electron chi connectivity index (χ2n) is 13.6. The first-order valence-electron chi connectivity index (χ1n) is 19.7. The van der Waals surface area contributed by atoms with Gasteiger partial charge in [0.1, 0.15) is 0 Å². The van der Waals surface area contributed by atoms with Gasteiger partial charge in [0.25, 0.3) is 0 Å². The van der Waals surface area contributed by atoms with E-state index < -0.39 is 35.6 Å². The van der Waals surface area contributed by atoms with Gasteiger partial charge < -0.3 is 15.9 Å². The minimum absolute atomic E-state index is 0.337. The number of aromatic nitrogens is 8. The number of carboxylic acid groups (broad SMARTS) is 2. The summed E-state index contributed by atoms with van der Waals surface area (Å²) in [6.07, 6.45) is 9.72. The van der Waals surface area contributed by atoms with Gasteiger partial charge in [0.2, 0.25) is 5.91 Å². The summed E-state index contributed by atoms with van der Waals surface area (Å²) in [5, 5.41) is 48.0. The Balaban J connectivity index is 0.000000291. The maximum Gasteiger partial charge on any atom is 0.307 e. The van der Waals surface area contributed by atoms with Crippen LogP contribution in [0.1, 0.15) is 118 Å². The number of rotatable bonds is 18. The summed E-state index contributed by atoms with van der Waals surface area (Å²) in [4.78, 5) is 35.2. The molecule has 59 heavy (non-hydrogen) atoms. The van der Waals surface area contributed by atoms with Crippen LogP contribution in [0.15, 0.2) is 91.0 Å². The monoisotopic (exact) mass is 801 g/mol. The third kappa shape index (κ3) is 13.7. The van der Waals surface area contributed by atoms with Crippen LogP contribution in [0, 0.1) is 23.7 Å². The van der Waals surface area contributed by atoms with E-state index in [-0.39, 0.29) is 5.92 Å². The van der Waals surface area contributed by atoms with Crippen LogP contribution in [-0.2, 0) is 22.4 Å². The van der Waals surface area contributed by atoms with E-state index in [1.54, 1.807) is 12.1 Å². The van der Waals surface area contributed by atoms with Crippen molar-refractivity contribution < 1.29 is 24.6 Å². The molecule has 14 heteroatoms. The van der Waals surface area contributed by atoms with Gasteiger partial charge in [-0.3, -0.25) is 14.4 Å². The Morgan fingerprint density at radius 1 is 0.729 bits per heavy atom. The average molecular weight is 802 g/mol. The van der Waals surface area contributed by atoms with Crippen LogP contribution in [0.4, 0.5) is 0 Å². The summed E-state index contributed by atoms with van der Waals surface area (Å²) in [7, 11) is 0. The number of carbonyl (C=O) groups excluding carboxylic acids is 1. The largest absolute Gasteiger partial charge is 0.481 e. The first kappa shape index (κ1) is 46.6. The molecule has 0 unspecified atom stereocenters. The fraction of sp³-hybridized carbons (Fsp3) is 0.356. The molecule has 5 aromatic rings. The van der Waals surface area contributed by atoms with Crippen molar-refractivity contribution in [3.05, 3.63) is 125 Å². The molecule has 0 aliphatic rings. The summed E-state index contributed by atoms with van der Waals surface area (Å²) in [6.45, 7) is 11.6. The minimum Gasteiger partial charge on any atom is -0.481 e. The molecule has 4 atom stereocenters. The number of allylic oxidation sites excluding steroid dienone is 4. The zero-order valence-corrected chi connectivity index (χ0v) is 34.6. The molecule has 310 valence electrons. The van der Waals surface area contributed by atoms with Crippen LogP contribution in [0.5, 0.6) is 0 Å². The zero-order chi connectivity index (χ0) is 43.2. The standard InChI is InChI=1S/C21H23N5O3.C20H26N4O2.C4H6/c1-2-5-17(21(28)29)18(20-23-25-26-24-20)12-15-6-3-4-7-16(15)13-8-10-14(11-9-13)19(22)27;1-4-9-14(6-3)16-12-8-7-11-15(16)13-18(19-21-23-24-22-19)17(10-5-2)20(25)26;1-3-4-2/h3-4,6-11,17-18H,2,5,12H2,1H3,(H2,22,27)(H,28,29)(H,23,24,25,26);4,6-9,11-12,17-18H,5,10,13H2,1-3H3,(H,25,26)(H,21,22,23,24);1-2H3/b;9-4-,14-6+;/t2*17-,18-;/m00./s1. The van der Waals surface area contributed by atoms with Crippen molar-refractivity contribution in [2.24, 2.45) is 17.6 Å². The molecule has 5 rings (SSSR count). The Morgan fingerprint density at radius 3 is 1.64 bits per heavy atom. The van der Waals surface area contributed by atoms with Gasteiger partial charge >= 0.3 is 11.9 Å². The lowest BCUT2D eigenvalue weighted by Crippen LogP contribution is -2.25. The lowest BCUT2D eigenvalue weighted by atomic mass is 9.81. The van der Waals surface area contributed by atoms with Crippen molar-refractivity contribution in [1.29, 1.82) is 0 Å². The van der Waals surface area contributed by atoms with Crippen LogP contribution >= 0.6 is 0 Å². The van der Waals surface area contributed by atoms with E-state index in [1.165, 1.54) is 0 Å². The number of hydrogen-bond acceptors (Lipinski definition) is 9. The number of primary amides is 1. The molecule has 0 radical (unpaired) electrons. The maximum atomic E-state index is 11.9. The smallest absolute Gasteiger partial charge is 0.307 e. The van der Waals surface area contributed by atoms with Crippen LogP contribution in [0.25, 0.3) is 16.7 Å². The van der Waals surface area contributed by atoms with Gasteiger partial charge in [-0.25, -0.2) is 0 Å². The van der Waals surface area contributed by atoms with Crippen LogP contribution < -0.4 is 5.73 Å². The van der Waals surface area contributed by atoms with Crippen molar-refractivity contribution >= 4 is 23.4 Å². The van der Waals surface area contributed by atoms with Crippen molar-refractivity contribution in [2.45, 2.75) is 91.9 Å². The molecule has 0 bridgehead atoms. The molecule has 2 aromatic heterocycles. The normalized spacial score (nSPS) is 13.0. The van der Waals surface area contributed by atoms with Crippen LogP contribution in [-0.4, -0.2) is 69.3 Å². The molecule has 0 spiro atoms. The van der Waals surface area contributed by atoms with Crippen molar-refractivity contribution in [1.82, 2.24) is 41.2 Å². The molecular weight excluding hydrogens is 747 g/mol. The van der Waals surface area contributed by atoms with Crippen molar-refractivity contribution in [3.63, 3.8) is 0 Å². The summed E-state index contributed by atoms with van der Waals surface area (Å²) in [6, 6.07) is 22.9. The number of nitrogens with zero attached hydrogens (tertiary/aromatic N) is 6. The molecule has 3 aromatic carbocycles. The van der Waals surface area contributed by atoms with E-state index in [4.69, 9.17) is 5.73 Å². The van der Waals surface area contributed by atoms with E-state index >= 15 is 0 Å². The molecule has 0 aliphatic heterocycles. The minimum atomic E-state index is -0.870. The second kappa shape index (κ2) is 24.8. The Bertz CT molecular complexity index is 2160.